The first-order chi connectivity index (χ1) is 6.11. The van der Waals surface area contributed by atoms with Crippen LogP contribution in [0.15, 0.2) is 6.07 Å². The molecule has 0 saturated carbocycles. The van der Waals surface area contributed by atoms with Gasteiger partial charge in [0.2, 0.25) is 0 Å². The van der Waals surface area contributed by atoms with Crippen molar-refractivity contribution in [1.29, 1.82) is 0 Å². The Kier molecular flexibility index (Phi) is 4.40. The van der Waals surface area contributed by atoms with Crippen LogP contribution in [0.3, 0.4) is 0 Å². The zero-order chi connectivity index (χ0) is 10.0. The van der Waals surface area contributed by atoms with Gasteiger partial charge in [-0.2, -0.15) is 0 Å². The van der Waals surface area contributed by atoms with Crippen molar-refractivity contribution >= 4 is 45.2 Å². The lowest BCUT2D eigenvalue weighted by atomic mass is 10.1. The molecular weight excluding hydrogens is 394 g/mol. The highest BCUT2D eigenvalue weighted by Crippen LogP contribution is 2.26. The van der Waals surface area contributed by atoms with Crippen molar-refractivity contribution in [3.63, 3.8) is 0 Å². The molecule has 0 saturated heterocycles. The minimum absolute atomic E-state index is 0.0293. The lowest BCUT2D eigenvalue weighted by Gasteiger charge is -2.11. The third kappa shape index (κ3) is 2.34. The molecule has 0 spiro atoms. The van der Waals surface area contributed by atoms with Crippen molar-refractivity contribution < 1.29 is 10.2 Å². The molecule has 0 fully saturated rings. The monoisotopic (exact) mass is 404 g/mol. The summed E-state index contributed by atoms with van der Waals surface area (Å²) in [4.78, 5) is 0. The van der Waals surface area contributed by atoms with Crippen molar-refractivity contribution in [1.82, 2.24) is 0 Å². The van der Waals surface area contributed by atoms with Crippen molar-refractivity contribution in [3.8, 4) is 0 Å². The normalized spacial score (nSPS) is 10.5. The molecule has 2 N–H and O–H groups in total. The lowest BCUT2D eigenvalue weighted by Crippen LogP contribution is -2.00. The van der Waals surface area contributed by atoms with Gasteiger partial charge in [0.05, 0.1) is 13.2 Å². The second-order valence-electron chi connectivity index (χ2n) is 2.76. The van der Waals surface area contributed by atoms with Crippen LogP contribution < -0.4 is 0 Å². The Hall–Kier alpha value is 0.600. The average Bonchev–Trinajstić information content (AvgIpc) is 2.15. The zero-order valence-electron chi connectivity index (χ0n) is 7.14. The summed E-state index contributed by atoms with van der Waals surface area (Å²) in [5.41, 5.74) is 2.89. The zero-order valence-corrected chi connectivity index (χ0v) is 11.5. The van der Waals surface area contributed by atoms with E-state index in [0.29, 0.717) is 0 Å². The predicted molar refractivity (Wildman–Crippen MR) is 68.5 cm³/mol. The van der Waals surface area contributed by atoms with Crippen LogP contribution >= 0.6 is 45.2 Å². The summed E-state index contributed by atoms with van der Waals surface area (Å²) in [6.45, 7) is 2.05. The van der Waals surface area contributed by atoms with E-state index in [-0.39, 0.29) is 13.2 Å². The summed E-state index contributed by atoms with van der Waals surface area (Å²) in [6.07, 6.45) is 0. The summed E-state index contributed by atoms with van der Waals surface area (Å²) in [5.74, 6) is 0. The molecule has 4 heteroatoms. The van der Waals surface area contributed by atoms with E-state index in [4.69, 9.17) is 10.2 Å². The van der Waals surface area contributed by atoms with Gasteiger partial charge in [-0.05, 0) is 74.9 Å². The highest BCUT2D eigenvalue weighted by atomic mass is 127. The second kappa shape index (κ2) is 4.90. The van der Waals surface area contributed by atoms with Gasteiger partial charge in [-0.3, -0.25) is 0 Å². The van der Waals surface area contributed by atoms with Crippen molar-refractivity contribution in [2.75, 3.05) is 0 Å². The molecule has 1 aromatic carbocycles. The summed E-state index contributed by atoms with van der Waals surface area (Å²) in [6, 6.07) is 1.86. The van der Waals surface area contributed by atoms with Crippen LogP contribution in [0.5, 0.6) is 0 Å². The molecule has 0 radical (unpaired) electrons. The number of aliphatic hydroxyl groups is 2. The predicted octanol–water partition coefficient (Wildman–Crippen LogP) is 2.19. The average molecular weight is 404 g/mol. The van der Waals surface area contributed by atoms with Crippen molar-refractivity contribution in [2.45, 2.75) is 20.1 Å². The first-order valence-electron chi connectivity index (χ1n) is 3.79. The second-order valence-corrected chi connectivity index (χ2v) is 4.92. The molecule has 0 aromatic heterocycles. The quantitative estimate of drug-likeness (QED) is 0.743. The van der Waals surface area contributed by atoms with Crippen LogP contribution in [0.25, 0.3) is 0 Å². The third-order valence-electron chi connectivity index (χ3n) is 1.97. The molecule has 0 aliphatic carbocycles. The molecule has 0 aliphatic rings. The van der Waals surface area contributed by atoms with Crippen LogP contribution in [-0.2, 0) is 13.2 Å². The largest absolute Gasteiger partial charge is 0.392 e. The fourth-order valence-corrected chi connectivity index (χ4v) is 2.53. The van der Waals surface area contributed by atoms with E-state index in [1.807, 2.05) is 13.0 Å². The van der Waals surface area contributed by atoms with E-state index < -0.39 is 0 Å². The topological polar surface area (TPSA) is 40.5 Å². The van der Waals surface area contributed by atoms with E-state index in [9.17, 15) is 0 Å². The summed E-state index contributed by atoms with van der Waals surface area (Å²) in [5, 5.41) is 18.1. The Morgan fingerprint density at radius 1 is 1.08 bits per heavy atom. The number of benzene rings is 1. The maximum absolute atomic E-state index is 9.07. The Labute approximate surface area is 105 Å². The molecule has 1 aromatic rings. The van der Waals surface area contributed by atoms with E-state index >= 15 is 0 Å². The lowest BCUT2D eigenvalue weighted by molar-refractivity contribution is 0.274. The minimum Gasteiger partial charge on any atom is -0.392 e. The molecule has 0 atom stereocenters. The van der Waals surface area contributed by atoms with Crippen molar-refractivity contribution in [3.05, 3.63) is 29.9 Å². The molecular formula is C9H10I2O2. The first-order valence-corrected chi connectivity index (χ1v) is 5.95. The van der Waals surface area contributed by atoms with Gasteiger partial charge in [-0.25, -0.2) is 0 Å². The van der Waals surface area contributed by atoms with Gasteiger partial charge in [-0.15, -0.1) is 0 Å². The molecule has 1 rings (SSSR count). The van der Waals surface area contributed by atoms with E-state index in [2.05, 4.69) is 45.2 Å². The molecule has 0 unspecified atom stereocenters. The Balaban J connectivity index is 3.36. The highest BCUT2D eigenvalue weighted by molar-refractivity contribution is 14.1. The van der Waals surface area contributed by atoms with Gasteiger partial charge in [0, 0.05) is 7.14 Å². The minimum atomic E-state index is 0.0293. The molecule has 0 bridgehead atoms. The number of hydrogen-bond acceptors (Lipinski definition) is 2. The molecule has 0 heterocycles. The van der Waals surface area contributed by atoms with Gasteiger partial charge in [0.15, 0.2) is 0 Å². The smallest absolute Gasteiger partial charge is 0.0692 e. The van der Waals surface area contributed by atoms with Crippen molar-refractivity contribution in [2.24, 2.45) is 0 Å². The Bertz CT molecular complexity index is 296. The van der Waals surface area contributed by atoms with Gasteiger partial charge in [0.25, 0.3) is 0 Å². The number of halogens is 2. The number of rotatable bonds is 2. The summed E-state index contributed by atoms with van der Waals surface area (Å²) >= 11 is 4.45. The van der Waals surface area contributed by atoms with Crippen LogP contribution in [0.4, 0.5) is 0 Å². The molecule has 2 nitrogen and oxygen atoms in total. The van der Waals surface area contributed by atoms with E-state index in [0.717, 1.165) is 23.8 Å². The fraction of sp³-hybridized carbons (Fsp3) is 0.333. The fourth-order valence-electron chi connectivity index (χ4n) is 1.11. The summed E-state index contributed by atoms with van der Waals surface area (Å²) < 4.78 is 2.20. The third-order valence-corrected chi connectivity index (χ3v) is 5.59. The number of aliphatic hydroxyl groups excluding tert-OH is 2. The molecule has 0 amide bonds. The standard InChI is InChI=1S/C9H10I2O2/c1-5-6(3-12)2-7(4-13)9(11)8(5)10/h2,12-13H,3-4H2,1H3. The SMILES string of the molecule is Cc1c(CO)cc(CO)c(I)c1I. The maximum Gasteiger partial charge on any atom is 0.0692 e. The van der Waals surface area contributed by atoms with Crippen LogP contribution in [0, 0.1) is 14.1 Å². The summed E-state index contributed by atoms with van der Waals surface area (Å²) in [7, 11) is 0. The van der Waals surface area contributed by atoms with E-state index in [1.165, 1.54) is 0 Å². The van der Waals surface area contributed by atoms with Gasteiger partial charge in [-0.1, -0.05) is 0 Å². The van der Waals surface area contributed by atoms with Gasteiger partial charge < -0.3 is 10.2 Å². The molecule has 72 valence electrons. The maximum atomic E-state index is 9.07. The highest BCUT2D eigenvalue weighted by Gasteiger charge is 2.10. The first kappa shape index (κ1) is 11.7. The van der Waals surface area contributed by atoms with Crippen LogP contribution in [0.1, 0.15) is 16.7 Å². The van der Waals surface area contributed by atoms with Crippen LogP contribution in [0.2, 0.25) is 0 Å². The van der Waals surface area contributed by atoms with Gasteiger partial charge >= 0.3 is 0 Å². The Morgan fingerprint density at radius 3 is 2.08 bits per heavy atom. The van der Waals surface area contributed by atoms with Crippen LogP contribution in [-0.4, -0.2) is 10.2 Å². The molecule has 0 aliphatic heterocycles. The molecule has 13 heavy (non-hydrogen) atoms. The Morgan fingerprint density at radius 2 is 1.62 bits per heavy atom. The van der Waals surface area contributed by atoms with E-state index in [1.54, 1.807) is 0 Å². The van der Waals surface area contributed by atoms with Gasteiger partial charge in [0.1, 0.15) is 0 Å². The number of hydrogen-bond donors (Lipinski definition) is 2.